The average Bonchev–Trinajstić information content (AvgIpc) is 2.28. The number of nitrogens with one attached hydrogen (secondary N) is 1. The second kappa shape index (κ2) is 5.67. The maximum absolute atomic E-state index is 11.9. The number of aliphatic hydroxyl groups excluding tert-OH is 1. The van der Waals surface area contributed by atoms with Crippen LogP contribution in [0.3, 0.4) is 0 Å². The van der Waals surface area contributed by atoms with E-state index in [1.807, 2.05) is 6.92 Å². The molecule has 0 bridgehead atoms. The molecule has 1 unspecified atom stereocenters. The summed E-state index contributed by atoms with van der Waals surface area (Å²) in [5.41, 5.74) is -0.427. The molecular formula is C11H14Cl2N2O2. The van der Waals surface area contributed by atoms with Gasteiger partial charge in [-0.3, -0.25) is 4.79 Å². The number of aliphatic hydroxyl groups is 1. The summed E-state index contributed by atoms with van der Waals surface area (Å²) in [5, 5.41) is 12.2. The Kier molecular flexibility index (Phi) is 4.74. The average molecular weight is 277 g/mol. The van der Waals surface area contributed by atoms with Gasteiger partial charge < -0.3 is 10.4 Å². The fourth-order valence-corrected chi connectivity index (χ4v) is 1.59. The Balaban J connectivity index is 2.90. The van der Waals surface area contributed by atoms with E-state index in [9.17, 15) is 9.90 Å². The molecule has 0 fully saturated rings. The van der Waals surface area contributed by atoms with Crippen LogP contribution in [0.5, 0.6) is 0 Å². The number of rotatable bonds is 4. The fraction of sp³-hybridized carbons (Fsp3) is 0.455. The van der Waals surface area contributed by atoms with Crippen molar-refractivity contribution in [3.63, 3.8) is 0 Å². The zero-order chi connectivity index (χ0) is 13.1. The van der Waals surface area contributed by atoms with E-state index in [-0.39, 0.29) is 28.4 Å². The van der Waals surface area contributed by atoms with E-state index in [4.69, 9.17) is 23.2 Å². The molecular weight excluding hydrogens is 263 g/mol. The molecule has 4 nitrogen and oxygen atoms in total. The number of hydrogen-bond donors (Lipinski definition) is 2. The quantitative estimate of drug-likeness (QED) is 0.830. The number of nitrogens with zero attached hydrogens (tertiary/aromatic N) is 1. The van der Waals surface area contributed by atoms with E-state index < -0.39 is 5.54 Å². The van der Waals surface area contributed by atoms with Crippen LogP contribution in [0.2, 0.25) is 10.3 Å². The van der Waals surface area contributed by atoms with Crippen LogP contribution in [-0.2, 0) is 0 Å². The van der Waals surface area contributed by atoms with Crippen LogP contribution >= 0.6 is 23.2 Å². The molecule has 1 atom stereocenters. The molecule has 1 aromatic heterocycles. The zero-order valence-electron chi connectivity index (χ0n) is 9.63. The lowest BCUT2D eigenvalue weighted by molar-refractivity contribution is 0.0847. The lowest BCUT2D eigenvalue weighted by Crippen LogP contribution is -2.48. The molecule has 1 rings (SSSR count). The highest BCUT2D eigenvalue weighted by Crippen LogP contribution is 2.18. The van der Waals surface area contributed by atoms with Crippen molar-refractivity contribution in [2.45, 2.75) is 25.8 Å². The molecule has 0 spiro atoms. The first kappa shape index (κ1) is 14.2. The molecule has 0 aromatic carbocycles. The maximum atomic E-state index is 11.9. The summed E-state index contributed by atoms with van der Waals surface area (Å²) in [6, 6.07) is 2.99. The smallest absolute Gasteiger partial charge is 0.254 e. The van der Waals surface area contributed by atoms with E-state index in [2.05, 4.69) is 10.3 Å². The van der Waals surface area contributed by atoms with Gasteiger partial charge in [-0.05, 0) is 25.5 Å². The van der Waals surface area contributed by atoms with Crippen LogP contribution in [0.25, 0.3) is 0 Å². The molecule has 0 aliphatic heterocycles. The molecule has 2 N–H and O–H groups in total. The highest BCUT2D eigenvalue weighted by Gasteiger charge is 2.25. The number of pyridine rings is 1. The zero-order valence-corrected chi connectivity index (χ0v) is 11.1. The number of aromatic nitrogens is 1. The van der Waals surface area contributed by atoms with Crippen molar-refractivity contribution in [3.8, 4) is 0 Å². The van der Waals surface area contributed by atoms with Gasteiger partial charge in [0.05, 0.1) is 17.7 Å². The van der Waals surface area contributed by atoms with E-state index in [1.165, 1.54) is 12.1 Å². The van der Waals surface area contributed by atoms with Gasteiger partial charge in [0.15, 0.2) is 0 Å². The van der Waals surface area contributed by atoms with Gasteiger partial charge in [0, 0.05) is 0 Å². The predicted octanol–water partition coefficient (Wildman–Crippen LogP) is 2.28. The summed E-state index contributed by atoms with van der Waals surface area (Å²) in [7, 11) is 0. The number of carbonyl (C=O) groups excluding carboxylic acids is 1. The highest BCUT2D eigenvalue weighted by atomic mass is 35.5. The van der Waals surface area contributed by atoms with E-state index >= 15 is 0 Å². The number of halogens is 2. The second-order valence-electron chi connectivity index (χ2n) is 4.00. The van der Waals surface area contributed by atoms with Gasteiger partial charge in [0.2, 0.25) is 0 Å². The van der Waals surface area contributed by atoms with Gasteiger partial charge in [-0.25, -0.2) is 4.98 Å². The molecule has 1 amide bonds. The summed E-state index contributed by atoms with van der Waals surface area (Å²) < 4.78 is 0. The Morgan fingerprint density at radius 3 is 2.65 bits per heavy atom. The molecule has 1 heterocycles. The predicted molar refractivity (Wildman–Crippen MR) is 67.5 cm³/mol. The summed E-state index contributed by atoms with van der Waals surface area (Å²) in [6.45, 7) is 3.48. The Morgan fingerprint density at radius 2 is 2.18 bits per heavy atom. The third kappa shape index (κ3) is 3.56. The van der Waals surface area contributed by atoms with Gasteiger partial charge in [0.25, 0.3) is 5.91 Å². The van der Waals surface area contributed by atoms with Crippen LogP contribution in [0.15, 0.2) is 12.1 Å². The lowest BCUT2D eigenvalue weighted by Gasteiger charge is -2.27. The fourth-order valence-electron chi connectivity index (χ4n) is 1.16. The number of carbonyl (C=O) groups is 1. The minimum Gasteiger partial charge on any atom is -0.394 e. The van der Waals surface area contributed by atoms with Crippen LogP contribution < -0.4 is 5.32 Å². The van der Waals surface area contributed by atoms with Gasteiger partial charge >= 0.3 is 0 Å². The summed E-state index contributed by atoms with van der Waals surface area (Å²) in [6.07, 6.45) is 0.605. The molecule has 0 saturated heterocycles. The van der Waals surface area contributed by atoms with Crippen LogP contribution in [0.1, 0.15) is 30.6 Å². The largest absolute Gasteiger partial charge is 0.394 e. The Hall–Kier alpha value is -0.840. The first-order chi connectivity index (χ1) is 7.91. The summed E-state index contributed by atoms with van der Waals surface area (Å²) >= 11 is 11.5. The first-order valence-electron chi connectivity index (χ1n) is 5.17. The molecule has 17 heavy (non-hydrogen) atoms. The van der Waals surface area contributed by atoms with Crippen molar-refractivity contribution in [1.29, 1.82) is 0 Å². The van der Waals surface area contributed by atoms with Gasteiger partial charge in [-0.2, -0.15) is 0 Å². The van der Waals surface area contributed by atoms with Crippen molar-refractivity contribution in [3.05, 3.63) is 28.0 Å². The van der Waals surface area contributed by atoms with Gasteiger partial charge in [-0.15, -0.1) is 0 Å². The minimum absolute atomic E-state index is 0.0476. The number of amides is 1. The molecule has 0 aliphatic rings. The van der Waals surface area contributed by atoms with Crippen molar-refractivity contribution in [2.24, 2.45) is 0 Å². The molecule has 0 saturated carbocycles. The van der Waals surface area contributed by atoms with E-state index in [0.717, 1.165) is 0 Å². The minimum atomic E-state index is -0.667. The van der Waals surface area contributed by atoms with E-state index in [1.54, 1.807) is 6.92 Å². The van der Waals surface area contributed by atoms with E-state index in [0.29, 0.717) is 6.42 Å². The van der Waals surface area contributed by atoms with Crippen molar-refractivity contribution in [1.82, 2.24) is 10.3 Å². The molecule has 1 aromatic rings. The highest BCUT2D eigenvalue weighted by molar-refractivity contribution is 6.34. The van der Waals surface area contributed by atoms with Crippen LogP contribution in [0, 0.1) is 0 Å². The summed E-state index contributed by atoms with van der Waals surface area (Å²) in [5.74, 6) is -0.377. The van der Waals surface area contributed by atoms with Crippen LogP contribution in [0.4, 0.5) is 0 Å². The van der Waals surface area contributed by atoms with Crippen molar-refractivity contribution < 1.29 is 9.90 Å². The molecule has 0 aliphatic carbocycles. The van der Waals surface area contributed by atoms with Gasteiger partial charge in [-0.1, -0.05) is 30.1 Å². The normalized spacial score (nSPS) is 14.2. The van der Waals surface area contributed by atoms with Crippen LogP contribution in [-0.4, -0.2) is 28.1 Å². The van der Waals surface area contributed by atoms with Crippen molar-refractivity contribution >= 4 is 29.1 Å². The second-order valence-corrected chi connectivity index (χ2v) is 4.74. The lowest BCUT2D eigenvalue weighted by atomic mass is 10.00. The topological polar surface area (TPSA) is 62.2 Å². The molecule has 94 valence electrons. The molecule has 0 radical (unpaired) electrons. The standard InChI is InChI=1S/C11H14Cl2N2O2/c1-3-11(2,6-16)15-10(17)7-4-5-8(12)14-9(7)13/h4-5,16H,3,6H2,1-2H3,(H,15,17). The SMILES string of the molecule is CCC(C)(CO)NC(=O)c1ccc(Cl)nc1Cl. The number of hydrogen-bond acceptors (Lipinski definition) is 3. The monoisotopic (exact) mass is 276 g/mol. The maximum Gasteiger partial charge on any atom is 0.254 e. The Morgan fingerprint density at radius 1 is 1.53 bits per heavy atom. The van der Waals surface area contributed by atoms with Crippen molar-refractivity contribution in [2.75, 3.05) is 6.61 Å². The summed E-state index contributed by atoms with van der Waals surface area (Å²) in [4.78, 5) is 15.7. The van der Waals surface area contributed by atoms with Gasteiger partial charge in [0.1, 0.15) is 10.3 Å². The first-order valence-corrected chi connectivity index (χ1v) is 5.93. The Labute approximate surface area is 110 Å². The Bertz CT molecular complexity index is 420. The molecule has 6 heteroatoms. The third-order valence-corrected chi connectivity index (χ3v) is 3.10. The third-order valence-electron chi connectivity index (χ3n) is 2.60.